The Bertz CT molecular complexity index is 453. The molecule has 2 heteroatoms. The van der Waals surface area contributed by atoms with E-state index in [4.69, 9.17) is 0 Å². The zero-order valence-corrected chi connectivity index (χ0v) is 8.87. The van der Waals surface area contributed by atoms with E-state index in [-0.39, 0.29) is 0 Å². The maximum atomic E-state index is 2.17. The molecule has 1 nitrogen and oxygen atoms in total. The Labute approximate surface area is 87.6 Å². The fraction of sp³-hybridized carbons (Fsp3) is 0.0833. The molecule has 14 heavy (non-hydrogen) atoms. The molecule has 1 aromatic heterocycles. The molecule has 0 unspecified atom stereocenters. The molecule has 0 spiro atoms. The van der Waals surface area contributed by atoms with E-state index in [0.717, 1.165) is 0 Å². The molecule has 0 bridgehead atoms. The maximum absolute atomic E-state index is 2.17. The van der Waals surface area contributed by atoms with Gasteiger partial charge in [0.05, 0.1) is 0 Å². The van der Waals surface area contributed by atoms with Crippen LogP contribution in [0.25, 0.3) is 0 Å². The maximum Gasteiger partial charge on any atom is 0.207 e. The lowest BCUT2D eigenvalue weighted by Gasteiger charge is -1.94. The smallest absolute Gasteiger partial charge is 0.195 e. The fourth-order valence-electron chi connectivity index (χ4n) is 1.34. The molecule has 0 saturated carbocycles. The molecule has 0 aliphatic carbocycles. The van der Waals surface area contributed by atoms with Gasteiger partial charge < -0.3 is 0 Å². The van der Waals surface area contributed by atoms with E-state index in [1.807, 2.05) is 6.07 Å². The van der Waals surface area contributed by atoms with Gasteiger partial charge in [0.15, 0.2) is 0 Å². The molecule has 0 aliphatic rings. The highest BCUT2D eigenvalue weighted by Crippen LogP contribution is 2.05. The van der Waals surface area contributed by atoms with E-state index >= 15 is 0 Å². The van der Waals surface area contributed by atoms with Crippen molar-refractivity contribution in [1.82, 2.24) is 4.58 Å². The monoisotopic (exact) mass is 202 g/mol. The third-order valence-corrected chi connectivity index (χ3v) is 2.75. The summed E-state index contributed by atoms with van der Waals surface area (Å²) >= 11 is 1.70. The topological polar surface area (TPSA) is 3.01 Å². The van der Waals surface area contributed by atoms with Crippen molar-refractivity contribution in [3.63, 3.8) is 0 Å². The molecular formula is C12H12NS+. The Hall–Kier alpha value is -1.41. The normalized spacial score (nSPS) is 9.79. The second kappa shape index (κ2) is 4.20. The summed E-state index contributed by atoms with van der Waals surface area (Å²) in [5.74, 6) is 0. The van der Waals surface area contributed by atoms with Crippen molar-refractivity contribution < 1.29 is 0 Å². The average molecular weight is 202 g/mol. The van der Waals surface area contributed by atoms with E-state index in [0.29, 0.717) is 0 Å². The summed E-state index contributed by atoms with van der Waals surface area (Å²) in [5.41, 5.74) is 1.21. The van der Waals surface area contributed by atoms with Crippen molar-refractivity contribution in [3.05, 3.63) is 58.6 Å². The van der Waals surface area contributed by atoms with Gasteiger partial charge in [-0.25, -0.2) is 0 Å². The van der Waals surface area contributed by atoms with Gasteiger partial charge in [-0.15, -0.1) is 0 Å². The predicted octanol–water partition coefficient (Wildman–Crippen LogP) is 2.48. The molecule has 0 aliphatic heterocycles. The van der Waals surface area contributed by atoms with Gasteiger partial charge in [-0.05, 0) is 10.8 Å². The van der Waals surface area contributed by atoms with E-state index in [9.17, 15) is 0 Å². The summed E-state index contributed by atoms with van der Waals surface area (Å²) in [7, 11) is 2.08. The summed E-state index contributed by atoms with van der Waals surface area (Å²) in [4.78, 5) is 0. The summed E-state index contributed by atoms with van der Waals surface area (Å²) in [6.07, 6.45) is 0. The summed E-state index contributed by atoms with van der Waals surface area (Å²) in [6.45, 7) is 0. The third-order valence-electron chi connectivity index (χ3n) is 2.17. The van der Waals surface area contributed by atoms with Crippen LogP contribution in [0.1, 0.15) is 0 Å². The van der Waals surface area contributed by atoms with Gasteiger partial charge in [-0.3, -0.25) is 0 Å². The van der Waals surface area contributed by atoms with Crippen LogP contribution in [-0.4, -0.2) is 7.05 Å². The van der Waals surface area contributed by atoms with Gasteiger partial charge in [-0.2, -0.15) is 15.9 Å². The Kier molecular flexibility index (Phi) is 2.75. The molecule has 0 radical (unpaired) electrons. The number of nitrogens with zero attached hydrogens (tertiary/aromatic N) is 1. The SMILES string of the molecule is C[N+](c1ccccc1)=c1ccscc1. The molecule has 1 heterocycles. The first-order valence-corrected chi connectivity index (χ1v) is 5.46. The molecule has 0 amide bonds. The second-order valence-corrected chi connectivity index (χ2v) is 3.88. The lowest BCUT2D eigenvalue weighted by atomic mass is 10.3. The minimum Gasteiger partial charge on any atom is -0.195 e. The number of para-hydroxylation sites is 1. The Morgan fingerprint density at radius 1 is 0.929 bits per heavy atom. The average Bonchev–Trinajstić information content (AvgIpc) is 2.30. The number of benzene rings is 1. The third kappa shape index (κ3) is 1.91. The molecule has 0 fully saturated rings. The van der Waals surface area contributed by atoms with Crippen LogP contribution in [-0.2, 0) is 0 Å². The van der Waals surface area contributed by atoms with Crippen molar-refractivity contribution in [2.75, 3.05) is 7.05 Å². The van der Waals surface area contributed by atoms with Crippen LogP contribution >= 0.6 is 11.3 Å². The van der Waals surface area contributed by atoms with Crippen LogP contribution < -0.4 is 9.93 Å². The van der Waals surface area contributed by atoms with E-state index in [1.54, 1.807) is 11.3 Å². The Morgan fingerprint density at radius 2 is 1.57 bits per heavy atom. The first kappa shape index (κ1) is 9.16. The molecule has 2 rings (SSSR count). The zero-order valence-electron chi connectivity index (χ0n) is 8.05. The lowest BCUT2D eigenvalue weighted by Crippen LogP contribution is -2.19. The zero-order chi connectivity index (χ0) is 9.80. The van der Waals surface area contributed by atoms with Crippen LogP contribution in [0.2, 0.25) is 0 Å². The van der Waals surface area contributed by atoms with E-state index < -0.39 is 0 Å². The highest BCUT2D eigenvalue weighted by atomic mass is 32.1. The molecule has 0 N–H and O–H groups in total. The van der Waals surface area contributed by atoms with Crippen LogP contribution in [0, 0.1) is 0 Å². The van der Waals surface area contributed by atoms with Crippen molar-refractivity contribution in [2.24, 2.45) is 0 Å². The standard InChI is InChI=1S/C12H12NS/c1-13(11-5-3-2-4-6-11)12-7-9-14-10-8-12/h2-10H,1H3/q+1. The number of rotatable bonds is 1. The first-order chi connectivity index (χ1) is 6.88. The summed E-state index contributed by atoms with van der Waals surface area (Å²) in [6, 6.07) is 14.6. The molecule has 70 valence electrons. The van der Waals surface area contributed by atoms with Gasteiger partial charge in [0.1, 0.15) is 7.05 Å². The lowest BCUT2D eigenvalue weighted by molar-refractivity contribution is 0.895. The highest BCUT2D eigenvalue weighted by molar-refractivity contribution is 7.07. The largest absolute Gasteiger partial charge is 0.207 e. The summed E-state index contributed by atoms with van der Waals surface area (Å²) < 4.78 is 2.17. The summed E-state index contributed by atoms with van der Waals surface area (Å²) in [5, 5.41) is 5.40. The van der Waals surface area contributed by atoms with Crippen LogP contribution in [0.5, 0.6) is 0 Å². The van der Waals surface area contributed by atoms with Gasteiger partial charge in [0.25, 0.3) is 0 Å². The predicted molar refractivity (Wildman–Crippen MR) is 61.6 cm³/mol. The van der Waals surface area contributed by atoms with E-state index in [2.05, 4.69) is 58.8 Å². The van der Waals surface area contributed by atoms with Crippen LogP contribution in [0.4, 0.5) is 5.69 Å². The Balaban J connectivity index is 2.57. The molecule has 0 saturated heterocycles. The van der Waals surface area contributed by atoms with Crippen molar-refractivity contribution in [3.8, 4) is 0 Å². The van der Waals surface area contributed by atoms with Gasteiger partial charge in [0.2, 0.25) is 11.0 Å². The van der Waals surface area contributed by atoms with Crippen LogP contribution in [0.15, 0.2) is 53.2 Å². The minimum absolute atomic E-state index is 1.21. The highest BCUT2D eigenvalue weighted by Gasteiger charge is 2.00. The van der Waals surface area contributed by atoms with Gasteiger partial charge in [-0.1, -0.05) is 18.2 Å². The van der Waals surface area contributed by atoms with E-state index in [1.165, 1.54) is 11.0 Å². The molecule has 0 atom stereocenters. The molecule has 1 aromatic carbocycles. The number of hydrogen-bond acceptors (Lipinski definition) is 1. The van der Waals surface area contributed by atoms with Gasteiger partial charge >= 0.3 is 0 Å². The number of hydrogen-bond donors (Lipinski definition) is 0. The molecule has 2 aromatic rings. The second-order valence-electron chi connectivity index (χ2n) is 3.06. The van der Waals surface area contributed by atoms with Crippen molar-refractivity contribution in [1.29, 1.82) is 0 Å². The fourth-order valence-corrected chi connectivity index (χ4v) is 1.87. The first-order valence-electron chi connectivity index (χ1n) is 4.52. The van der Waals surface area contributed by atoms with Crippen molar-refractivity contribution in [2.45, 2.75) is 0 Å². The van der Waals surface area contributed by atoms with Crippen LogP contribution in [0.3, 0.4) is 0 Å². The van der Waals surface area contributed by atoms with Gasteiger partial charge in [0, 0.05) is 24.3 Å². The van der Waals surface area contributed by atoms with Crippen molar-refractivity contribution >= 4 is 17.0 Å². The molecular weight excluding hydrogens is 190 g/mol. The Morgan fingerprint density at radius 3 is 2.21 bits per heavy atom. The minimum atomic E-state index is 1.21. The quantitative estimate of drug-likeness (QED) is 0.625.